The first-order valence-electron chi connectivity index (χ1n) is 2.83. The fourth-order valence-corrected chi connectivity index (χ4v) is 0.606. The smallest absolute Gasteiger partial charge is 0.0145 e. The van der Waals surface area contributed by atoms with Crippen molar-refractivity contribution in [3.63, 3.8) is 0 Å². The molecule has 0 unspecified atom stereocenters. The molecule has 0 aliphatic rings. The Kier molecular flexibility index (Phi) is 5.75. The van der Waals surface area contributed by atoms with E-state index in [-0.39, 0.29) is 32.7 Å². The van der Waals surface area contributed by atoms with Gasteiger partial charge in [0.25, 0.3) is 0 Å². The number of para-hydroxylation sites is 1. The van der Waals surface area contributed by atoms with Crippen molar-refractivity contribution in [1.29, 1.82) is 0 Å². The second-order valence-electron chi connectivity index (χ2n) is 1.65. The molecule has 1 nitrogen and oxygen atoms in total. The Morgan fingerprint density at radius 3 is 2.80 bits per heavy atom. The van der Waals surface area contributed by atoms with Crippen molar-refractivity contribution in [3.05, 3.63) is 30.3 Å². The van der Waals surface area contributed by atoms with Gasteiger partial charge < -0.3 is 4.99 Å². The van der Waals surface area contributed by atoms with Crippen molar-refractivity contribution >= 4 is 11.9 Å². The van der Waals surface area contributed by atoms with Gasteiger partial charge in [0.2, 0.25) is 0 Å². The van der Waals surface area contributed by atoms with Gasteiger partial charge in [0.15, 0.2) is 0 Å². The molecule has 0 saturated heterocycles. The van der Waals surface area contributed by atoms with E-state index < -0.39 is 0 Å². The summed E-state index contributed by atoms with van der Waals surface area (Å²) < 4.78 is 0. The number of hydrogen-bond acceptors (Lipinski definition) is 0. The summed E-state index contributed by atoms with van der Waals surface area (Å²) in [5, 5.41) is 0. The Hall–Kier alpha value is -0.00610. The maximum atomic E-state index is 3.00. The molecule has 0 atom stereocenters. The molecule has 0 bridgehead atoms. The van der Waals surface area contributed by atoms with Gasteiger partial charge in [0.1, 0.15) is 0 Å². The molecular weight excluding hydrogens is 199 g/mol. The van der Waals surface area contributed by atoms with Crippen molar-refractivity contribution in [2.45, 2.75) is 6.92 Å². The van der Waals surface area contributed by atoms with E-state index in [4.69, 9.17) is 0 Å². The van der Waals surface area contributed by atoms with Crippen molar-refractivity contribution in [2.24, 2.45) is 0 Å². The van der Waals surface area contributed by atoms with Gasteiger partial charge in [-0.05, 0) is 0 Å². The summed E-state index contributed by atoms with van der Waals surface area (Å²) in [6, 6.07) is 10.7. The van der Waals surface area contributed by atoms with E-state index in [1.54, 1.807) is 0 Å². The maximum Gasteiger partial charge on any atom is 0.0145 e. The van der Waals surface area contributed by atoms with E-state index in [0.717, 1.165) is 5.69 Å². The molecule has 0 saturated carbocycles. The van der Waals surface area contributed by atoms with E-state index in [2.05, 4.69) is 17.3 Å². The van der Waals surface area contributed by atoms with Crippen LogP contribution in [0.2, 0.25) is 0 Å². The second-order valence-corrected chi connectivity index (χ2v) is 1.65. The van der Waals surface area contributed by atoms with Crippen LogP contribution in [0.5, 0.6) is 0 Å². The number of rotatable bonds is 1. The Morgan fingerprint density at radius 2 is 2.30 bits per heavy atom. The Bertz CT molecular complexity index is 194. The summed E-state index contributed by atoms with van der Waals surface area (Å²) in [5.74, 6) is 0. The predicted octanol–water partition coefficient (Wildman–Crippen LogP) is 0.164. The van der Waals surface area contributed by atoms with Crippen LogP contribution in [0, 0.1) is 6.07 Å². The van der Waals surface area contributed by atoms with E-state index in [0.29, 0.717) is 0 Å². The van der Waals surface area contributed by atoms with Crippen LogP contribution in [-0.4, -0.2) is 6.21 Å². The fraction of sp³-hybridized carbons (Fsp3) is 0.125. The third kappa shape index (κ3) is 3.24. The summed E-state index contributed by atoms with van der Waals surface area (Å²) in [5.41, 5.74) is 0.958. The summed E-state index contributed by atoms with van der Waals surface area (Å²) in [6.07, 6.45) is 2.80. The minimum atomic E-state index is 0. The van der Waals surface area contributed by atoms with Crippen LogP contribution in [0.4, 0.5) is 5.69 Å². The van der Waals surface area contributed by atoms with Gasteiger partial charge in [-0.2, -0.15) is 24.3 Å². The summed E-state index contributed by atoms with van der Waals surface area (Å²) in [4.78, 5) is 2.90. The minimum Gasteiger partial charge on any atom is -0.399 e. The molecule has 0 spiro atoms. The molecule has 2 heteroatoms. The van der Waals surface area contributed by atoms with Gasteiger partial charge in [-0.25, -0.2) is 6.07 Å². The van der Waals surface area contributed by atoms with Crippen LogP contribution in [0.15, 0.2) is 24.3 Å². The summed E-state index contributed by atoms with van der Waals surface area (Å²) >= 11 is 0. The molecule has 1 rings (SSSR count). The average molecular weight is 207 g/mol. The van der Waals surface area contributed by atoms with Crippen LogP contribution >= 0.6 is 0 Å². The third-order valence-electron chi connectivity index (χ3n) is 0.969. The third-order valence-corrected chi connectivity index (χ3v) is 0.969. The van der Waals surface area contributed by atoms with Crippen molar-refractivity contribution in [1.82, 2.24) is 0 Å². The zero-order valence-corrected chi connectivity index (χ0v) is 8.73. The zero-order valence-electron chi connectivity index (χ0n) is 5.89. The minimum absolute atomic E-state index is 0. The fourth-order valence-electron chi connectivity index (χ4n) is 0.606. The molecule has 0 aromatic heterocycles. The molecular formula is C8H8NY-. The molecule has 0 amide bonds. The van der Waals surface area contributed by atoms with E-state index in [1.807, 2.05) is 31.2 Å². The van der Waals surface area contributed by atoms with E-state index in [1.165, 1.54) is 0 Å². The predicted molar refractivity (Wildman–Crippen MR) is 36.6 cm³/mol. The average Bonchev–Trinajstić information content (AvgIpc) is 1.91. The molecule has 1 aromatic carbocycles. The van der Waals surface area contributed by atoms with Crippen molar-refractivity contribution in [2.75, 3.05) is 0 Å². The van der Waals surface area contributed by atoms with Gasteiger partial charge >= 0.3 is 0 Å². The molecule has 10 heavy (non-hydrogen) atoms. The molecule has 1 radical (unpaired) electrons. The molecule has 0 aliphatic heterocycles. The first-order chi connectivity index (χ1) is 4.43. The second kappa shape index (κ2) is 5.75. The van der Waals surface area contributed by atoms with Crippen molar-refractivity contribution in [3.8, 4) is 0 Å². The Labute approximate surface area is 86.4 Å². The maximum absolute atomic E-state index is 3.00. The van der Waals surface area contributed by atoms with Crippen LogP contribution in [0.1, 0.15) is 6.92 Å². The standard InChI is InChI=1S/C8H8N.Y/c1-2-9-8-6-4-3-5-7-8;/h3-6,9H,1H3;/q-1;. The SMILES string of the molecule is C[C-]=[NH+]c1[c-]cccc1.[Y]. The Morgan fingerprint density at radius 1 is 1.50 bits per heavy atom. The largest absolute Gasteiger partial charge is 0.399 e. The number of benzene rings is 1. The van der Waals surface area contributed by atoms with E-state index in [9.17, 15) is 0 Å². The van der Waals surface area contributed by atoms with Crippen LogP contribution in [0.25, 0.3) is 0 Å². The molecule has 1 N–H and O–H groups in total. The molecule has 1 aromatic rings. The van der Waals surface area contributed by atoms with Crippen LogP contribution in [0.3, 0.4) is 0 Å². The topological polar surface area (TPSA) is 14.0 Å². The first kappa shape index (κ1) is 9.99. The van der Waals surface area contributed by atoms with Gasteiger partial charge in [0, 0.05) is 38.9 Å². The zero-order chi connectivity index (χ0) is 6.53. The molecule has 0 aliphatic carbocycles. The number of hydrogen-bond donors (Lipinski definition) is 1. The van der Waals surface area contributed by atoms with Crippen molar-refractivity contribution < 1.29 is 37.7 Å². The van der Waals surface area contributed by atoms with Gasteiger partial charge in [-0.1, -0.05) is 12.6 Å². The summed E-state index contributed by atoms with van der Waals surface area (Å²) in [6.45, 7) is 1.82. The molecule has 0 fully saturated rings. The summed E-state index contributed by atoms with van der Waals surface area (Å²) in [7, 11) is 0. The van der Waals surface area contributed by atoms with Crippen LogP contribution < -0.4 is 4.99 Å². The molecule has 49 valence electrons. The van der Waals surface area contributed by atoms with E-state index >= 15 is 0 Å². The first-order valence-corrected chi connectivity index (χ1v) is 2.83. The van der Waals surface area contributed by atoms with Crippen LogP contribution in [-0.2, 0) is 32.7 Å². The van der Waals surface area contributed by atoms with Gasteiger partial charge in [0.05, 0.1) is 0 Å². The quantitative estimate of drug-likeness (QED) is 0.498. The van der Waals surface area contributed by atoms with Gasteiger partial charge in [-0.3, -0.25) is 0 Å². The normalized spacial score (nSPS) is 9.30. The number of nitrogens with one attached hydrogen (secondary N) is 1. The monoisotopic (exact) mass is 207 g/mol. The Balaban J connectivity index is 0.000000810. The van der Waals surface area contributed by atoms with Gasteiger partial charge in [-0.15, -0.1) is 0 Å². The molecule has 0 heterocycles.